The number of carbonyl (C=O) groups is 1. The van der Waals surface area contributed by atoms with E-state index < -0.39 is 144 Å². The summed E-state index contributed by atoms with van der Waals surface area (Å²) < 4.78 is 294. The Morgan fingerprint density at radius 3 is 0.905 bits per heavy atom. The van der Waals surface area contributed by atoms with Gasteiger partial charge in [0.1, 0.15) is 58.9 Å². The maximum atomic E-state index is 15.4. The average molecular weight is 954 g/mol. The standard InChI is InChI=1S/C24BF20.C15H14OS2/c26-5-1(6(27)14(35)21(42)13(5)34)25(2-7(28)15(36)22(43)16(37)8(2)29,3-9(30)17(38)23(44)18(39)10(3)31)4-11(32)19(40)24(45)20(41)12(4)33;1-18(15-10-6-5-9-14(15)17)11-13(16)12-7-3-2-4-8-12/h;2-10H,11H2,1H3/q-1;/p+1. The van der Waals surface area contributed by atoms with Crippen LogP contribution in [0.2, 0.25) is 0 Å². The van der Waals surface area contributed by atoms with Gasteiger partial charge in [-0.05, 0) is 12.1 Å². The summed E-state index contributed by atoms with van der Waals surface area (Å²) in [7, 11) is -0.101. The molecule has 1 nitrogen and oxygen atoms in total. The van der Waals surface area contributed by atoms with Gasteiger partial charge in [-0.3, -0.25) is 4.79 Å². The summed E-state index contributed by atoms with van der Waals surface area (Å²) in [5.41, 5.74) is -13.5. The van der Waals surface area contributed by atoms with Gasteiger partial charge in [-0.2, -0.15) is 0 Å². The minimum atomic E-state index is -7.22. The summed E-state index contributed by atoms with van der Waals surface area (Å²) in [6.07, 6.45) is -5.12. The second-order valence-corrected chi connectivity index (χ2v) is 15.3. The van der Waals surface area contributed by atoms with Gasteiger partial charge in [-0.1, -0.05) is 42.5 Å². The fourth-order valence-corrected chi connectivity index (χ4v) is 8.69. The summed E-state index contributed by atoms with van der Waals surface area (Å²) in [5, 5.41) is 0. The number of carbonyl (C=O) groups excluding carboxylic acids is 1. The molecule has 0 fully saturated rings. The predicted octanol–water partition coefficient (Wildman–Crippen LogP) is 9.31. The molecule has 0 saturated carbocycles. The molecular formula is C39H15BF20OS2. The quantitative estimate of drug-likeness (QED) is 0.0307. The number of hydrogen-bond acceptors (Lipinski definition) is 2. The molecule has 0 N–H and O–H groups in total. The van der Waals surface area contributed by atoms with Crippen LogP contribution >= 0.6 is 12.6 Å². The first kappa shape index (κ1) is 48.4. The molecule has 63 heavy (non-hydrogen) atoms. The van der Waals surface area contributed by atoms with Crippen LogP contribution in [0.1, 0.15) is 10.4 Å². The van der Waals surface area contributed by atoms with Gasteiger partial charge < -0.3 is 0 Å². The molecule has 0 saturated heterocycles. The fourth-order valence-electron chi connectivity index (χ4n) is 6.61. The third-order valence-electron chi connectivity index (χ3n) is 9.39. The molecule has 6 rings (SSSR count). The maximum Gasteiger partial charge on any atom is 0.212 e. The van der Waals surface area contributed by atoms with E-state index in [1.165, 1.54) is 0 Å². The maximum absolute atomic E-state index is 15.4. The molecule has 0 spiro atoms. The summed E-state index contributed by atoms with van der Waals surface area (Å²) in [4.78, 5) is 14.2. The lowest BCUT2D eigenvalue weighted by Crippen LogP contribution is -2.81. The highest BCUT2D eigenvalue weighted by atomic mass is 32.2. The molecule has 6 aromatic carbocycles. The lowest BCUT2D eigenvalue weighted by Gasteiger charge is -2.44. The molecule has 0 heterocycles. The molecule has 0 aliphatic rings. The van der Waals surface area contributed by atoms with Crippen molar-refractivity contribution in [2.24, 2.45) is 0 Å². The van der Waals surface area contributed by atoms with E-state index in [9.17, 15) is 57.5 Å². The number of thiol groups is 1. The topological polar surface area (TPSA) is 17.1 Å². The Balaban J connectivity index is 0.000000345. The van der Waals surface area contributed by atoms with Gasteiger partial charge in [-0.15, -0.1) is 34.5 Å². The van der Waals surface area contributed by atoms with Crippen molar-refractivity contribution in [3.63, 3.8) is 0 Å². The third kappa shape index (κ3) is 7.88. The van der Waals surface area contributed by atoms with E-state index in [2.05, 4.69) is 18.9 Å². The third-order valence-corrected chi connectivity index (χ3v) is 11.7. The number of hydrogen-bond donors (Lipinski definition) is 1. The fraction of sp³-hybridized carbons (Fsp3) is 0.0513. The molecule has 24 heteroatoms. The Bertz CT molecular complexity index is 2440. The monoisotopic (exact) mass is 954 g/mol. The van der Waals surface area contributed by atoms with Crippen LogP contribution in [0.15, 0.2) is 64.4 Å². The first-order valence-electron chi connectivity index (χ1n) is 16.6. The number of benzene rings is 6. The first-order valence-corrected chi connectivity index (χ1v) is 18.9. The van der Waals surface area contributed by atoms with E-state index in [0.717, 1.165) is 15.4 Å². The van der Waals surface area contributed by atoms with Crippen molar-refractivity contribution < 1.29 is 92.6 Å². The highest BCUT2D eigenvalue weighted by Crippen LogP contribution is 2.31. The van der Waals surface area contributed by atoms with Crippen LogP contribution in [0.25, 0.3) is 0 Å². The largest absolute Gasteiger partial charge is 0.289 e. The van der Waals surface area contributed by atoms with Crippen LogP contribution in [0.3, 0.4) is 0 Å². The zero-order valence-corrected chi connectivity index (χ0v) is 32.0. The number of ketones is 1. The van der Waals surface area contributed by atoms with Crippen molar-refractivity contribution in [3.05, 3.63) is 177 Å². The lowest BCUT2D eigenvalue weighted by atomic mass is 9.12. The van der Waals surface area contributed by atoms with E-state index in [0.29, 0.717) is 5.75 Å². The van der Waals surface area contributed by atoms with Gasteiger partial charge in [0.05, 0.1) is 4.90 Å². The SMILES string of the molecule is C[S+](CC(=O)c1ccccc1)c1ccccc1S.Fc1c(F)c(F)c([B-](c2c(F)c(F)c(F)c(F)c2F)(c2c(F)c(F)c(F)c(F)c2F)c2c(F)c(F)c(F)c(F)c2F)c(F)c1F. The van der Waals surface area contributed by atoms with Gasteiger partial charge in [-0.25, -0.2) is 87.8 Å². The molecule has 0 radical (unpaired) electrons. The average Bonchev–Trinajstić information content (AvgIpc) is 3.26. The van der Waals surface area contributed by atoms with Crippen LogP contribution in [0.4, 0.5) is 87.8 Å². The number of Topliss-reactive ketones (excluding diaryl/α,β-unsaturated/α-hetero) is 1. The van der Waals surface area contributed by atoms with Crippen molar-refractivity contribution >= 4 is 57.3 Å². The Hall–Kier alpha value is -5.65. The highest BCUT2D eigenvalue weighted by Gasteiger charge is 2.52. The Morgan fingerprint density at radius 2 is 0.635 bits per heavy atom. The summed E-state index contributed by atoms with van der Waals surface area (Å²) in [5.74, 6) is -70.7. The van der Waals surface area contributed by atoms with E-state index >= 15 is 35.1 Å². The van der Waals surface area contributed by atoms with Gasteiger partial charge in [0.15, 0.2) is 80.5 Å². The molecule has 6 aromatic rings. The van der Waals surface area contributed by atoms with Crippen LogP contribution in [-0.2, 0) is 10.9 Å². The molecule has 332 valence electrons. The Kier molecular flexibility index (Phi) is 14.0. The van der Waals surface area contributed by atoms with Gasteiger partial charge >= 0.3 is 0 Å². The molecule has 0 amide bonds. The molecule has 0 bridgehead atoms. The van der Waals surface area contributed by atoms with Crippen molar-refractivity contribution in [3.8, 4) is 0 Å². The summed E-state index contributed by atoms with van der Waals surface area (Å²) in [6.45, 7) is 0. The number of rotatable bonds is 8. The van der Waals surface area contributed by atoms with E-state index in [1.54, 1.807) is 0 Å². The van der Waals surface area contributed by atoms with Gasteiger partial charge in [0.2, 0.25) is 5.78 Å². The molecule has 1 unspecified atom stereocenters. The van der Waals surface area contributed by atoms with E-state index in [4.69, 9.17) is 0 Å². The van der Waals surface area contributed by atoms with E-state index in [1.807, 2.05) is 54.6 Å². The van der Waals surface area contributed by atoms with Crippen LogP contribution in [0.5, 0.6) is 0 Å². The normalized spacial score (nSPS) is 12.0. The number of halogens is 20. The Labute approximate surface area is 347 Å². The minimum absolute atomic E-state index is 0.101. The molecular weight excluding hydrogens is 939 g/mol. The summed E-state index contributed by atoms with van der Waals surface area (Å²) in [6, 6.07) is 17.4. The lowest BCUT2D eigenvalue weighted by molar-refractivity contribution is 0.102. The second kappa shape index (κ2) is 18.2. The predicted molar refractivity (Wildman–Crippen MR) is 190 cm³/mol. The van der Waals surface area contributed by atoms with Crippen LogP contribution in [-0.4, -0.2) is 23.9 Å². The molecule has 0 aliphatic heterocycles. The zero-order chi connectivity index (χ0) is 47.3. The van der Waals surface area contributed by atoms with Crippen molar-refractivity contribution in [2.75, 3.05) is 12.0 Å². The van der Waals surface area contributed by atoms with Crippen LogP contribution < -0.4 is 21.9 Å². The van der Waals surface area contributed by atoms with E-state index in [-0.39, 0.29) is 16.7 Å². The van der Waals surface area contributed by atoms with Crippen molar-refractivity contribution in [2.45, 2.75) is 9.79 Å². The molecule has 0 aliphatic carbocycles. The molecule has 0 aromatic heterocycles. The summed E-state index contributed by atoms with van der Waals surface area (Å²) >= 11 is 4.44. The minimum Gasteiger partial charge on any atom is -0.289 e. The van der Waals surface area contributed by atoms with Gasteiger partial charge in [0, 0.05) is 16.5 Å². The smallest absolute Gasteiger partial charge is 0.212 e. The highest BCUT2D eigenvalue weighted by molar-refractivity contribution is 7.97. The van der Waals surface area contributed by atoms with Gasteiger partial charge in [0.25, 0.3) is 0 Å². The first-order chi connectivity index (χ1) is 29.4. The zero-order valence-electron chi connectivity index (χ0n) is 30.3. The molecule has 1 atom stereocenters. The van der Waals surface area contributed by atoms with Crippen molar-refractivity contribution in [1.82, 2.24) is 0 Å². The second-order valence-electron chi connectivity index (χ2n) is 12.8. The van der Waals surface area contributed by atoms with Crippen LogP contribution in [0, 0.1) is 116 Å². The Morgan fingerprint density at radius 1 is 0.397 bits per heavy atom. The van der Waals surface area contributed by atoms with Crippen molar-refractivity contribution in [1.29, 1.82) is 0 Å².